The molecule has 6 rings (SSSR count). The number of aliphatic hydroxyl groups is 1. The topological polar surface area (TPSA) is 50.2 Å². The minimum atomic E-state index is -0.0119. The molecule has 1 N–H and O–H groups in total. The number of rotatable bonds is 8. The number of benzene rings is 3. The van der Waals surface area contributed by atoms with E-state index in [4.69, 9.17) is 4.98 Å². The molecule has 3 aromatic carbocycles. The van der Waals surface area contributed by atoms with Crippen LogP contribution in [0.3, 0.4) is 0 Å². The fraction of sp³-hybridized carbons (Fsp3) is 0.489. The number of pyridine rings is 1. The number of allylic oxidation sites excluding steroid dienone is 2. The van der Waals surface area contributed by atoms with E-state index in [1.54, 1.807) is 0 Å². The van der Waals surface area contributed by atoms with Gasteiger partial charge in [-0.05, 0) is 96.9 Å². The molecular formula is C47H60IrNO2S-. The molecule has 0 spiro atoms. The van der Waals surface area contributed by atoms with E-state index in [0.29, 0.717) is 34.8 Å². The predicted octanol–water partition coefficient (Wildman–Crippen LogP) is 13.0. The number of aromatic nitrogens is 1. The Labute approximate surface area is 332 Å². The molecule has 281 valence electrons. The summed E-state index contributed by atoms with van der Waals surface area (Å²) in [5.74, 6) is 2.11. The monoisotopic (exact) mass is 895 g/mol. The van der Waals surface area contributed by atoms with Crippen LogP contribution in [-0.2, 0) is 30.3 Å². The summed E-state index contributed by atoms with van der Waals surface area (Å²) in [5, 5.41) is 12.0. The molecule has 2 atom stereocenters. The van der Waals surface area contributed by atoms with Crippen LogP contribution in [0.4, 0.5) is 0 Å². The van der Waals surface area contributed by atoms with E-state index in [1.165, 1.54) is 60.9 Å². The van der Waals surface area contributed by atoms with Crippen molar-refractivity contribution in [3.63, 3.8) is 0 Å². The molecule has 0 fully saturated rings. The second-order valence-electron chi connectivity index (χ2n) is 17.3. The van der Waals surface area contributed by atoms with Crippen molar-refractivity contribution < 1.29 is 30.0 Å². The Bertz CT molecular complexity index is 1950. The molecule has 1 aliphatic carbocycles. The SMILES string of the molecule is CC(C)C(C(=O)/C=C(\O)C(C(C)C)C(C)C)C(C)C.Cc1ccc2c(c1)C1C(S2)c2cc[c-]c(-c3cc(C)c4c(C)cc(C)cc4n3)c2C1(C)C.[Ir]. The molecular weight excluding hydrogens is 835 g/mol. The standard InChI is InChI=1S/C30H28NS.C17H32O2.Ir/c1-16-10-11-25-22(13-16)28-29(32-25)21-9-7-8-20(27(21)30(28,5)6)23-15-19(4)26-18(3)12-17(2)14-24(26)31-23;1-10(2)16(11(3)4)14(18)9-15(19)17(12(5)6)13(7)8;/h7,9-15,28-29H,1-6H3;9-13,16-18H,1-8H3;/q-1;;/b;14-9-;. The summed E-state index contributed by atoms with van der Waals surface area (Å²) in [6.45, 7) is 30.2. The zero-order valence-electron chi connectivity index (χ0n) is 33.9. The summed E-state index contributed by atoms with van der Waals surface area (Å²) in [6.07, 6.45) is 1.48. The zero-order chi connectivity index (χ0) is 37.7. The van der Waals surface area contributed by atoms with Crippen molar-refractivity contribution in [2.24, 2.45) is 35.5 Å². The largest absolute Gasteiger partial charge is 0.512 e. The van der Waals surface area contributed by atoms with E-state index in [-0.39, 0.29) is 48.9 Å². The van der Waals surface area contributed by atoms with Crippen LogP contribution in [0.1, 0.15) is 119 Å². The van der Waals surface area contributed by atoms with Crippen molar-refractivity contribution in [3.8, 4) is 11.3 Å². The third-order valence-corrected chi connectivity index (χ3v) is 12.8. The first-order chi connectivity index (χ1) is 23.8. The smallest absolute Gasteiger partial charge is 0.162 e. The molecule has 2 aliphatic rings. The van der Waals surface area contributed by atoms with Crippen LogP contribution >= 0.6 is 11.8 Å². The Morgan fingerprint density at radius 3 is 2.00 bits per heavy atom. The Morgan fingerprint density at radius 1 is 0.808 bits per heavy atom. The molecule has 3 nitrogen and oxygen atoms in total. The summed E-state index contributed by atoms with van der Waals surface area (Å²) in [4.78, 5) is 19.0. The van der Waals surface area contributed by atoms with Gasteiger partial charge < -0.3 is 5.11 Å². The van der Waals surface area contributed by atoms with Gasteiger partial charge in [0.1, 0.15) is 0 Å². The maximum Gasteiger partial charge on any atom is 0.162 e. The van der Waals surface area contributed by atoms with E-state index < -0.39 is 0 Å². The molecule has 52 heavy (non-hydrogen) atoms. The fourth-order valence-corrected chi connectivity index (χ4v) is 11.2. The van der Waals surface area contributed by atoms with Crippen LogP contribution in [0.5, 0.6) is 0 Å². The van der Waals surface area contributed by atoms with Crippen LogP contribution < -0.4 is 0 Å². The Hall–Kier alpha value is -2.72. The summed E-state index contributed by atoms with van der Waals surface area (Å²) < 4.78 is 0. The molecule has 4 aromatic rings. The molecule has 0 saturated heterocycles. The van der Waals surface area contributed by atoms with Gasteiger partial charge in [-0.1, -0.05) is 99.1 Å². The Morgan fingerprint density at radius 2 is 1.40 bits per heavy atom. The average molecular weight is 895 g/mol. The minimum absolute atomic E-state index is 0. The van der Waals surface area contributed by atoms with Crippen LogP contribution in [0.2, 0.25) is 0 Å². The number of aryl methyl sites for hydroxylation is 4. The van der Waals surface area contributed by atoms with Crippen molar-refractivity contribution >= 4 is 28.4 Å². The molecule has 0 amide bonds. The molecule has 1 aromatic heterocycles. The van der Waals surface area contributed by atoms with Crippen LogP contribution in [0.25, 0.3) is 22.2 Å². The Balaban J connectivity index is 0.000000263. The van der Waals surface area contributed by atoms with Gasteiger partial charge in [0.2, 0.25) is 0 Å². The van der Waals surface area contributed by atoms with Crippen molar-refractivity contribution in [1.29, 1.82) is 0 Å². The first-order valence-corrected chi connectivity index (χ1v) is 19.9. The van der Waals surface area contributed by atoms with Gasteiger partial charge in [-0.15, -0.1) is 46.7 Å². The van der Waals surface area contributed by atoms with Gasteiger partial charge in [0, 0.05) is 59.5 Å². The molecule has 2 heterocycles. The van der Waals surface area contributed by atoms with E-state index in [0.717, 1.165) is 11.2 Å². The van der Waals surface area contributed by atoms with Crippen molar-refractivity contribution in [3.05, 3.63) is 105 Å². The zero-order valence-corrected chi connectivity index (χ0v) is 37.1. The second kappa shape index (κ2) is 16.3. The van der Waals surface area contributed by atoms with E-state index >= 15 is 0 Å². The maximum absolute atomic E-state index is 12.3. The molecule has 0 bridgehead atoms. The van der Waals surface area contributed by atoms with Gasteiger partial charge in [0.25, 0.3) is 0 Å². The maximum atomic E-state index is 12.3. The number of hydrogen-bond acceptors (Lipinski definition) is 4. The summed E-state index contributed by atoms with van der Waals surface area (Å²) >= 11 is 2.04. The number of carbonyl (C=O) groups excluding carboxylic acids is 1. The first-order valence-electron chi connectivity index (χ1n) is 19.0. The van der Waals surface area contributed by atoms with Gasteiger partial charge in [-0.2, -0.15) is 0 Å². The van der Waals surface area contributed by atoms with E-state index in [1.807, 2.05) is 11.8 Å². The van der Waals surface area contributed by atoms with Gasteiger partial charge in [0.15, 0.2) is 5.78 Å². The van der Waals surface area contributed by atoms with Gasteiger partial charge in [-0.3, -0.25) is 9.78 Å². The van der Waals surface area contributed by atoms with E-state index in [2.05, 4.69) is 152 Å². The van der Waals surface area contributed by atoms with Gasteiger partial charge in [0.05, 0.1) is 11.3 Å². The number of fused-ring (bicyclic) bond motifs is 6. The number of ketones is 1. The van der Waals surface area contributed by atoms with Crippen molar-refractivity contribution in [2.45, 2.75) is 118 Å². The normalized spacial score (nSPS) is 17.5. The van der Waals surface area contributed by atoms with Gasteiger partial charge in [-0.25, -0.2) is 0 Å². The molecule has 1 aliphatic heterocycles. The second-order valence-corrected chi connectivity index (χ2v) is 18.4. The fourth-order valence-electron chi connectivity index (χ4n) is 9.53. The third-order valence-electron chi connectivity index (χ3n) is 11.4. The Kier molecular flexibility index (Phi) is 13.2. The molecule has 1 radical (unpaired) electrons. The van der Waals surface area contributed by atoms with Gasteiger partial charge >= 0.3 is 0 Å². The summed E-state index contributed by atoms with van der Waals surface area (Å²) in [5.41, 5.74) is 13.0. The molecule has 5 heteroatoms. The van der Waals surface area contributed by atoms with Crippen LogP contribution in [0, 0.1) is 69.3 Å². The van der Waals surface area contributed by atoms with Crippen LogP contribution in [-0.4, -0.2) is 15.9 Å². The number of aliphatic hydroxyl groups excluding tert-OH is 1. The minimum Gasteiger partial charge on any atom is -0.512 e. The number of hydrogen-bond donors (Lipinski definition) is 1. The predicted molar refractivity (Wildman–Crippen MR) is 218 cm³/mol. The number of carbonyl (C=O) groups is 1. The van der Waals surface area contributed by atoms with Crippen molar-refractivity contribution in [1.82, 2.24) is 4.98 Å². The number of nitrogens with zero attached hydrogens (tertiary/aromatic N) is 1. The first kappa shape index (κ1) is 42.0. The van der Waals surface area contributed by atoms with E-state index in [9.17, 15) is 9.90 Å². The van der Waals surface area contributed by atoms with Crippen molar-refractivity contribution in [2.75, 3.05) is 0 Å². The van der Waals surface area contributed by atoms with Crippen LogP contribution in [0.15, 0.2) is 65.3 Å². The number of thioether (sulfide) groups is 1. The third kappa shape index (κ3) is 8.03. The molecule has 2 unspecified atom stereocenters. The summed E-state index contributed by atoms with van der Waals surface area (Å²) in [7, 11) is 0. The quantitative estimate of drug-likeness (QED) is 0.109. The molecule has 0 saturated carbocycles. The average Bonchev–Trinajstić information content (AvgIpc) is 3.49. The summed E-state index contributed by atoms with van der Waals surface area (Å²) in [6, 6.07) is 21.8.